The van der Waals surface area contributed by atoms with Crippen molar-refractivity contribution in [3.63, 3.8) is 0 Å². The number of piperidine rings is 1. The van der Waals surface area contributed by atoms with Gasteiger partial charge in [-0.25, -0.2) is 4.98 Å². The first-order valence-corrected chi connectivity index (χ1v) is 8.72. The third-order valence-corrected chi connectivity index (χ3v) is 4.72. The molecule has 2 heterocycles. The Balaban J connectivity index is 1.54. The Kier molecular flexibility index (Phi) is 5.46. The van der Waals surface area contributed by atoms with Crippen molar-refractivity contribution in [3.05, 3.63) is 63.8 Å². The summed E-state index contributed by atoms with van der Waals surface area (Å²) in [6, 6.07) is 11.1. The molecule has 3 rings (SSSR count). The lowest BCUT2D eigenvalue weighted by atomic mass is 9.95. The minimum absolute atomic E-state index is 0.00905. The summed E-state index contributed by atoms with van der Waals surface area (Å²) in [7, 11) is 0. The quantitative estimate of drug-likeness (QED) is 0.659. The van der Waals surface area contributed by atoms with Crippen molar-refractivity contribution < 1.29 is 9.72 Å². The number of nitro groups is 1. The molecular weight excluding hydrogens is 332 g/mol. The molecule has 0 bridgehead atoms. The highest BCUT2D eigenvalue weighted by Gasteiger charge is 2.28. The second-order valence-electron chi connectivity index (χ2n) is 6.57. The van der Waals surface area contributed by atoms with E-state index >= 15 is 0 Å². The van der Waals surface area contributed by atoms with Crippen LogP contribution in [0.2, 0.25) is 0 Å². The minimum atomic E-state index is -0.414. The number of benzene rings is 1. The van der Waals surface area contributed by atoms with Crippen LogP contribution in [0.25, 0.3) is 0 Å². The second-order valence-corrected chi connectivity index (χ2v) is 6.57. The van der Waals surface area contributed by atoms with Gasteiger partial charge in [-0.05, 0) is 31.4 Å². The zero-order chi connectivity index (χ0) is 18.5. The molecule has 1 aliphatic heterocycles. The molecule has 0 spiro atoms. The molecule has 1 aliphatic rings. The van der Waals surface area contributed by atoms with E-state index < -0.39 is 4.92 Å². The molecule has 136 valence electrons. The normalized spacial score (nSPS) is 14.9. The number of aryl methyl sites for hydroxylation is 1. The molecular formula is C19H22N4O3. The van der Waals surface area contributed by atoms with E-state index in [0.717, 1.165) is 5.56 Å². The van der Waals surface area contributed by atoms with Gasteiger partial charge >= 0.3 is 5.69 Å². The summed E-state index contributed by atoms with van der Waals surface area (Å²) in [5.41, 5.74) is 2.27. The summed E-state index contributed by atoms with van der Waals surface area (Å²) in [5.74, 6) is 0.358. The van der Waals surface area contributed by atoms with E-state index in [1.165, 1.54) is 11.6 Å². The van der Waals surface area contributed by atoms with Gasteiger partial charge in [0.15, 0.2) is 0 Å². The zero-order valence-corrected chi connectivity index (χ0v) is 14.7. The molecule has 1 aromatic carbocycles. The fourth-order valence-electron chi connectivity index (χ4n) is 3.17. The molecule has 7 nitrogen and oxygen atoms in total. The van der Waals surface area contributed by atoms with Crippen LogP contribution >= 0.6 is 0 Å². The lowest BCUT2D eigenvalue weighted by Gasteiger charge is -2.31. The van der Waals surface area contributed by atoms with Gasteiger partial charge in [0.25, 0.3) is 0 Å². The van der Waals surface area contributed by atoms with E-state index in [4.69, 9.17) is 0 Å². The first-order chi connectivity index (χ1) is 12.5. The van der Waals surface area contributed by atoms with E-state index in [-0.39, 0.29) is 17.5 Å². The molecule has 26 heavy (non-hydrogen) atoms. The summed E-state index contributed by atoms with van der Waals surface area (Å²) >= 11 is 0. The Morgan fingerprint density at radius 2 is 1.96 bits per heavy atom. The molecule has 0 saturated carbocycles. The third kappa shape index (κ3) is 4.17. The van der Waals surface area contributed by atoms with Gasteiger partial charge in [0.05, 0.1) is 4.92 Å². The van der Waals surface area contributed by atoms with Gasteiger partial charge in [-0.1, -0.05) is 29.8 Å². The number of aromatic nitrogens is 1. The van der Waals surface area contributed by atoms with Crippen LogP contribution in [-0.2, 0) is 11.3 Å². The van der Waals surface area contributed by atoms with Crippen LogP contribution in [-0.4, -0.2) is 28.9 Å². The molecule has 1 saturated heterocycles. The molecule has 0 radical (unpaired) electrons. The third-order valence-electron chi connectivity index (χ3n) is 4.72. The lowest BCUT2D eigenvalue weighted by Crippen LogP contribution is -2.40. The summed E-state index contributed by atoms with van der Waals surface area (Å²) in [6.45, 7) is 3.72. The topological polar surface area (TPSA) is 88.4 Å². The number of nitrogens with zero attached hydrogens (tertiary/aromatic N) is 3. The van der Waals surface area contributed by atoms with Crippen LogP contribution in [0.3, 0.4) is 0 Å². The Bertz CT molecular complexity index is 784. The molecule has 2 aromatic rings. The van der Waals surface area contributed by atoms with Crippen LogP contribution in [0.1, 0.15) is 24.0 Å². The highest BCUT2D eigenvalue weighted by Crippen LogP contribution is 2.29. The van der Waals surface area contributed by atoms with Gasteiger partial charge in [0.2, 0.25) is 11.7 Å². The standard InChI is InChI=1S/C19H22N4O3/c1-14-4-6-15(7-5-14)13-21-19(24)16-8-11-22(12-9-16)18-17(23(25)26)3-2-10-20-18/h2-7,10,16H,8-9,11-13H2,1H3,(H,21,24). The number of anilines is 1. The van der Waals surface area contributed by atoms with E-state index in [0.29, 0.717) is 38.3 Å². The minimum Gasteiger partial charge on any atom is -0.352 e. The maximum Gasteiger partial charge on any atom is 0.311 e. The number of carbonyl (C=O) groups excluding carboxylic acids is 1. The van der Waals surface area contributed by atoms with Gasteiger partial charge in [-0.3, -0.25) is 14.9 Å². The molecule has 0 atom stereocenters. The van der Waals surface area contributed by atoms with E-state index in [1.54, 1.807) is 12.3 Å². The Labute approximate surface area is 152 Å². The van der Waals surface area contributed by atoms with E-state index in [2.05, 4.69) is 10.3 Å². The van der Waals surface area contributed by atoms with Crippen molar-refractivity contribution in [1.82, 2.24) is 10.3 Å². The number of amides is 1. The molecule has 0 unspecified atom stereocenters. The van der Waals surface area contributed by atoms with Crippen molar-refractivity contribution in [3.8, 4) is 0 Å². The van der Waals surface area contributed by atoms with Crippen LogP contribution in [0.15, 0.2) is 42.6 Å². The second kappa shape index (κ2) is 7.95. The Morgan fingerprint density at radius 3 is 2.62 bits per heavy atom. The first kappa shape index (κ1) is 17.8. The predicted octanol–water partition coefficient (Wildman–Crippen LogP) is 2.83. The van der Waals surface area contributed by atoms with Crippen molar-refractivity contribution in [2.75, 3.05) is 18.0 Å². The fraction of sp³-hybridized carbons (Fsp3) is 0.368. The zero-order valence-electron chi connectivity index (χ0n) is 14.7. The molecule has 7 heteroatoms. The van der Waals surface area contributed by atoms with Crippen LogP contribution < -0.4 is 10.2 Å². The van der Waals surface area contributed by atoms with Crippen LogP contribution in [0, 0.1) is 23.0 Å². The molecule has 1 aromatic heterocycles. The highest BCUT2D eigenvalue weighted by atomic mass is 16.6. The smallest absolute Gasteiger partial charge is 0.311 e. The van der Waals surface area contributed by atoms with Crippen molar-refractivity contribution in [2.45, 2.75) is 26.3 Å². The van der Waals surface area contributed by atoms with Crippen LogP contribution in [0.5, 0.6) is 0 Å². The average molecular weight is 354 g/mol. The first-order valence-electron chi connectivity index (χ1n) is 8.72. The van der Waals surface area contributed by atoms with Crippen LogP contribution in [0.4, 0.5) is 11.5 Å². The summed E-state index contributed by atoms with van der Waals surface area (Å²) in [5, 5.41) is 14.1. The number of nitrogens with one attached hydrogen (secondary N) is 1. The summed E-state index contributed by atoms with van der Waals surface area (Å²) < 4.78 is 0. The Hall–Kier alpha value is -2.96. The number of carbonyl (C=O) groups is 1. The number of rotatable bonds is 5. The van der Waals surface area contributed by atoms with Crippen molar-refractivity contribution >= 4 is 17.4 Å². The molecule has 1 fully saturated rings. The SMILES string of the molecule is Cc1ccc(CNC(=O)C2CCN(c3ncccc3[N+](=O)[O-])CC2)cc1. The lowest BCUT2D eigenvalue weighted by molar-refractivity contribution is -0.384. The monoisotopic (exact) mass is 354 g/mol. The Morgan fingerprint density at radius 1 is 1.27 bits per heavy atom. The van der Waals surface area contributed by atoms with Crippen molar-refractivity contribution in [2.24, 2.45) is 5.92 Å². The maximum atomic E-state index is 12.4. The number of hydrogen-bond acceptors (Lipinski definition) is 5. The van der Waals surface area contributed by atoms with Gasteiger partial charge in [-0.15, -0.1) is 0 Å². The van der Waals surface area contributed by atoms with Crippen molar-refractivity contribution in [1.29, 1.82) is 0 Å². The van der Waals surface area contributed by atoms with E-state index in [1.807, 2.05) is 36.1 Å². The molecule has 1 N–H and O–H groups in total. The maximum absolute atomic E-state index is 12.4. The fourth-order valence-corrected chi connectivity index (χ4v) is 3.17. The van der Waals surface area contributed by atoms with Gasteiger partial charge in [0.1, 0.15) is 0 Å². The molecule has 1 amide bonds. The molecule has 0 aliphatic carbocycles. The summed E-state index contributed by atoms with van der Waals surface area (Å²) in [4.78, 5) is 29.2. The van der Waals surface area contributed by atoms with Gasteiger partial charge in [-0.2, -0.15) is 0 Å². The highest BCUT2D eigenvalue weighted by molar-refractivity contribution is 5.79. The number of hydrogen-bond donors (Lipinski definition) is 1. The van der Waals surface area contributed by atoms with Gasteiger partial charge in [0, 0.05) is 37.8 Å². The van der Waals surface area contributed by atoms with E-state index in [9.17, 15) is 14.9 Å². The number of pyridine rings is 1. The average Bonchev–Trinajstić information content (AvgIpc) is 2.67. The summed E-state index contributed by atoms with van der Waals surface area (Å²) in [6.07, 6.45) is 2.88. The van der Waals surface area contributed by atoms with Gasteiger partial charge < -0.3 is 10.2 Å². The largest absolute Gasteiger partial charge is 0.352 e. The predicted molar refractivity (Wildman–Crippen MR) is 98.9 cm³/mol.